The molecule has 3 aromatic rings. The fraction of sp³-hybridized carbons (Fsp3) is 0.478. The highest BCUT2D eigenvalue weighted by molar-refractivity contribution is 7.15. The summed E-state index contributed by atoms with van der Waals surface area (Å²) in [5.41, 5.74) is 3.01. The number of amides is 1. The summed E-state index contributed by atoms with van der Waals surface area (Å²) in [6, 6.07) is 10.8. The monoisotopic (exact) mass is 424 g/mol. The van der Waals surface area contributed by atoms with Crippen molar-refractivity contribution in [1.29, 1.82) is 0 Å². The van der Waals surface area contributed by atoms with Crippen LogP contribution in [-0.4, -0.2) is 53.0 Å². The first kappa shape index (κ1) is 19.7. The molecule has 0 unspecified atom stereocenters. The molecule has 2 aliphatic heterocycles. The lowest BCUT2D eigenvalue weighted by atomic mass is 9.74. The van der Waals surface area contributed by atoms with E-state index in [9.17, 15) is 4.79 Å². The van der Waals surface area contributed by atoms with Gasteiger partial charge in [0, 0.05) is 56.4 Å². The highest BCUT2D eigenvalue weighted by atomic mass is 32.1. The van der Waals surface area contributed by atoms with Gasteiger partial charge in [-0.3, -0.25) is 9.20 Å². The average molecular weight is 425 g/mol. The molecule has 7 heteroatoms. The standard InChI is InChI=1S/C23H28N4O2S/c28-21(26-10-4-5-11-26)20-19(27-12-15-30-22(27)25-20)16-24-17-23(8-13-29-14-9-23)18-6-2-1-3-7-18/h1-3,6-7,12,15,24H,4-5,8-11,13-14,16-17H2. The Bertz CT molecular complexity index is 1000. The number of fused-ring (bicyclic) bond motifs is 1. The summed E-state index contributed by atoms with van der Waals surface area (Å²) in [5.74, 6) is 0.0732. The largest absolute Gasteiger partial charge is 0.381 e. The van der Waals surface area contributed by atoms with Crippen molar-refractivity contribution in [3.63, 3.8) is 0 Å². The maximum Gasteiger partial charge on any atom is 0.274 e. The zero-order valence-corrected chi connectivity index (χ0v) is 18.0. The lowest BCUT2D eigenvalue weighted by Crippen LogP contribution is -2.43. The van der Waals surface area contributed by atoms with Gasteiger partial charge >= 0.3 is 0 Å². The summed E-state index contributed by atoms with van der Waals surface area (Å²) >= 11 is 1.58. The van der Waals surface area contributed by atoms with Gasteiger partial charge in [0.2, 0.25) is 0 Å². The van der Waals surface area contributed by atoms with Crippen molar-refractivity contribution in [3.05, 3.63) is 58.9 Å². The Kier molecular flexibility index (Phi) is 5.58. The van der Waals surface area contributed by atoms with Crippen molar-refractivity contribution in [3.8, 4) is 0 Å². The molecular formula is C23H28N4O2S. The number of nitrogens with one attached hydrogen (secondary N) is 1. The zero-order valence-electron chi connectivity index (χ0n) is 17.2. The molecule has 2 saturated heterocycles. The molecule has 4 heterocycles. The third-order valence-corrected chi connectivity index (χ3v) is 7.31. The predicted molar refractivity (Wildman–Crippen MR) is 118 cm³/mol. The van der Waals surface area contributed by atoms with Gasteiger partial charge in [0.25, 0.3) is 5.91 Å². The number of carbonyl (C=O) groups is 1. The second-order valence-corrected chi connectivity index (χ2v) is 9.20. The van der Waals surface area contributed by atoms with E-state index in [-0.39, 0.29) is 11.3 Å². The van der Waals surface area contributed by atoms with E-state index in [4.69, 9.17) is 4.74 Å². The molecule has 0 radical (unpaired) electrons. The summed E-state index contributed by atoms with van der Waals surface area (Å²) in [6.07, 6.45) is 6.20. The fourth-order valence-corrected chi connectivity index (χ4v) is 5.52. The minimum atomic E-state index is 0.0666. The van der Waals surface area contributed by atoms with Crippen molar-refractivity contribution in [1.82, 2.24) is 19.6 Å². The SMILES string of the molecule is O=C(c1nc2sccn2c1CNCC1(c2ccccc2)CCOCC1)N1CCCC1. The van der Waals surface area contributed by atoms with Gasteiger partial charge in [-0.1, -0.05) is 30.3 Å². The molecular weight excluding hydrogens is 396 g/mol. The second kappa shape index (κ2) is 8.49. The van der Waals surface area contributed by atoms with Gasteiger partial charge in [-0.15, -0.1) is 11.3 Å². The topological polar surface area (TPSA) is 58.9 Å². The molecule has 158 valence electrons. The highest BCUT2D eigenvalue weighted by Crippen LogP contribution is 2.34. The smallest absolute Gasteiger partial charge is 0.274 e. The average Bonchev–Trinajstić information content (AvgIpc) is 3.54. The van der Waals surface area contributed by atoms with Gasteiger partial charge in [-0.05, 0) is 31.2 Å². The van der Waals surface area contributed by atoms with Crippen LogP contribution < -0.4 is 5.32 Å². The van der Waals surface area contributed by atoms with E-state index < -0.39 is 0 Å². The van der Waals surface area contributed by atoms with E-state index in [1.807, 2.05) is 16.5 Å². The number of likely N-dealkylation sites (tertiary alicyclic amines) is 1. The fourth-order valence-electron chi connectivity index (χ4n) is 4.78. The Morgan fingerprint density at radius 2 is 1.93 bits per heavy atom. The molecule has 2 aromatic heterocycles. The van der Waals surface area contributed by atoms with Crippen LogP contribution in [0.4, 0.5) is 0 Å². The van der Waals surface area contributed by atoms with Crippen molar-refractivity contribution in [2.45, 2.75) is 37.6 Å². The van der Waals surface area contributed by atoms with E-state index in [1.54, 1.807) is 11.3 Å². The van der Waals surface area contributed by atoms with Crippen LogP contribution in [0.25, 0.3) is 4.96 Å². The maximum absolute atomic E-state index is 13.1. The molecule has 2 fully saturated rings. The molecule has 0 aliphatic carbocycles. The highest BCUT2D eigenvalue weighted by Gasteiger charge is 2.34. The molecule has 0 spiro atoms. The number of carbonyl (C=O) groups excluding carboxylic acids is 1. The van der Waals surface area contributed by atoms with Crippen LogP contribution in [0.15, 0.2) is 41.9 Å². The second-order valence-electron chi connectivity index (χ2n) is 8.32. The summed E-state index contributed by atoms with van der Waals surface area (Å²) in [5, 5.41) is 5.71. The van der Waals surface area contributed by atoms with E-state index >= 15 is 0 Å². The first-order chi connectivity index (χ1) is 14.8. The molecule has 1 aromatic carbocycles. The zero-order chi connectivity index (χ0) is 20.4. The summed E-state index contributed by atoms with van der Waals surface area (Å²) in [6.45, 7) is 4.74. The van der Waals surface area contributed by atoms with Crippen LogP contribution in [0.3, 0.4) is 0 Å². The van der Waals surface area contributed by atoms with Gasteiger partial charge in [0.1, 0.15) is 0 Å². The molecule has 2 aliphatic rings. The molecule has 5 rings (SSSR count). The summed E-state index contributed by atoms with van der Waals surface area (Å²) < 4.78 is 7.73. The lowest BCUT2D eigenvalue weighted by molar-refractivity contribution is 0.0497. The quantitative estimate of drug-likeness (QED) is 0.658. The molecule has 0 bridgehead atoms. The predicted octanol–water partition coefficient (Wildman–Crippen LogP) is 3.47. The van der Waals surface area contributed by atoms with Gasteiger partial charge in [-0.2, -0.15) is 0 Å². The number of hydrogen-bond acceptors (Lipinski definition) is 5. The van der Waals surface area contributed by atoms with Crippen LogP contribution >= 0.6 is 11.3 Å². The lowest BCUT2D eigenvalue weighted by Gasteiger charge is -2.38. The first-order valence-electron chi connectivity index (χ1n) is 10.8. The molecule has 0 atom stereocenters. The summed E-state index contributed by atoms with van der Waals surface area (Å²) in [4.78, 5) is 20.6. The van der Waals surface area contributed by atoms with Crippen molar-refractivity contribution < 1.29 is 9.53 Å². The minimum absolute atomic E-state index is 0.0666. The Labute approximate surface area is 180 Å². The van der Waals surface area contributed by atoms with E-state index in [1.165, 1.54) is 5.56 Å². The molecule has 1 N–H and O–H groups in total. The molecule has 30 heavy (non-hydrogen) atoms. The van der Waals surface area contributed by atoms with E-state index in [0.29, 0.717) is 12.2 Å². The van der Waals surface area contributed by atoms with E-state index in [0.717, 1.165) is 69.2 Å². The molecule has 6 nitrogen and oxygen atoms in total. The van der Waals surface area contributed by atoms with Gasteiger partial charge < -0.3 is 15.0 Å². The normalized spacial score (nSPS) is 18.9. The van der Waals surface area contributed by atoms with Crippen LogP contribution in [0.5, 0.6) is 0 Å². The van der Waals surface area contributed by atoms with E-state index in [2.05, 4.69) is 45.0 Å². The van der Waals surface area contributed by atoms with Crippen LogP contribution in [0.1, 0.15) is 47.4 Å². The Morgan fingerprint density at radius 3 is 2.70 bits per heavy atom. The maximum atomic E-state index is 13.1. The Hall–Kier alpha value is -2.22. The first-order valence-corrected chi connectivity index (χ1v) is 11.7. The van der Waals surface area contributed by atoms with Crippen LogP contribution in [0, 0.1) is 0 Å². The number of hydrogen-bond donors (Lipinski definition) is 1. The third kappa shape index (κ3) is 3.66. The van der Waals surface area contributed by atoms with Crippen molar-refractivity contribution >= 4 is 22.2 Å². The number of rotatable bonds is 6. The number of nitrogens with zero attached hydrogens (tertiary/aromatic N) is 3. The Morgan fingerprint density at radius 1 is 1.17 bits per heavy atom. The van der Waals surface area contributed by atoms with Crippen molar-refractivity contribution in [2.75, 3.05) is 32.8 Å². The van der Waals surface area contributed by atoms with Gasteiger partial charge in [0.05, 0.1) is 5.69 Å². The summed E-state index contributed by atoms with van der Waals surface area (Å²) in [7, 11) is 0. The minimum Gasteiger partial charge on any atom is -0.381 e. The molecule has 0 saturated carbocycles. The number of ether oxygens (including phenoxy) is 1. The number of aromatic nitrogens is 2. The van der Waals surface area contributed by atoms with Crippen molar-refractivity contribution in [2.24, 2.45) is 0 Å². The number of imidazole rings is 1. The third-order valence-electron chi connectivity index (χ3n) is 6.55. The van der Waals surface area contributed by atoms with Gasteiger partial charge in [-0.25, -0.2) is 4.98 Å². The molecule has 1 amide bonds. The number of benzene rings is 1. The number of thiazole rings is 1. The van der Waals surface area contributed by atoms with Gasteiger partial charge in [0.15, 0.2) is 10.7 Å². The van der Waals surface area contributed by atoms with Crippen LogP contribution in [-0.2, 0) is 16.7 Å². The van der Waals surface area contributed by atoms with Crippen LogP contribution in [0.2, 0.25) is 0 Å². The Balaban J connectivity index is 1.37.